The molecule has 0 fully saturated rings. The fraction of sp³-hybridized carbons (Fsp3) is 0.320. The minimum absolute atomic E-state index is 0.0643. The lowest BCUT2D eigenvalue weighted by Gasteiger charge is -2.21. The predicted molar refractivity (Wildman–Crippen MR) is 132 cm³/mol. The van der Waals surface area contributed by atoms with E-state index in [1.54, 1.807) is 36.4 Å². The number of rotatable bonds is 9. The molecule has 0 aliphatic carbocycles. The highest BCUT2D eigenvalue weighted by Crippen LogP contribution is 2.22. The van der Waals surface area contributed by atoms with Gasteiger partial charge in [0.1, 0.15) is 5.70 Å². The molecule has 2 rings (SSSR count). The van der Waals surface area contributed by atoms with Crippen LogP contribution in [-0.4, -0.2) is 35.8 Å². The lowest BCUT2D eigenvalue weighted by atomic mass is 9.87. The standard InChI is InChI=1S/C25H29ClN2O4S/c1-25(2,3)18-9-7-17(8-10-18)22(29)28-21(15-16-5-11-19(26)12-6-16)23(30)27-20(24(31)32)13-14-33-4/h5-12,15,20H,13-14H2,1-4H3,(H,27,30)(H,28,29)(H,31,32)/p-1/b21-15+/t20-/m1/s1. The minimum Gasteiger partial charge on any atom is -0.548 e. The summed E-state index contributed by atoms with van der Waals surface area (Å²) in [6.45, 7) is 6.22. The third-order valence-corrected chi connectivity index (χ3v) is 5.78. The van der Waals surface area contributed by atoms with Gasteiger partial charge in [0.25, 0.3) is 11.8 Å². The number of thioether (sulfide) groups is 1. The van der Waals surface area contributed by atoms with E-state index in [4.69, 9.17) is 11.6 Å². The number of amides is 2. The molecule has 2 aromatic carbocycles. The summed E-state index contributed by atoms with van der Waals surface area (Å²) in [5.74, 6) is -2.06. The molecule has 0 saturated carbocycles. The first-order valence-corrected chi connectivity index (χ1v) is 12.2. The normalized spacial score (nSPS) is 12.7. The van der Waals surface area contributed by atoms with Gasteiger partial charge in [-0.2, -0.15) is 11.8 Å². The Morgan fingerprint density at radius 2 is 1.67 bits per heavy atom. The van der Waals surface area contributed by atoms with Crippen LogP contribution in [-0.2, 0) is 15.0 Å². The zero-order valence-corrected chi connectivity index (χ0v) is 20.7. The average molecular weight is 488 g/mol. The summed E-state index contributed by atoms with van der Waals surface area (Å²) in [6.07, 6.45) is 3.50. The summed E-state index contributed by atoms with van der Waals surface area (Å²) in [4.78, 5) is 37.3. The number of benzene rings is 2. The lowest BCUT2D eigenvalue weighted by Crippen LogP contribution is -2.50. The van der Waals surface area contributed by atoms with Gasteiger partial charge >= 0.3 is 0 Å². The third-order valence-electron chi connectivity index (χ3n) is 4.89. The SMILES string of the molecule is CSCC[C@@H](NC(=O)/C(=C\c1ccc(Cl)cc1)NC(=O)c1ccc(C(C)(C)C)cc1)C(=O)[O-]. The Morgan fingerprint density at radius 1 is 1.06 bits per heavy atom. The van der Waals surface area contributed by atoms with E-state index >= 15 is 0 Å². The van der Waals surface area contributed by atoms with Gasteiger partial charge in [0.05, 0.1) is 12.0 Å². The number of carbonyl (C=O) groups excluding carboxylic acids is 3. The molecular weight excluding hydrogens is 460 g/mol. The van der Waals surface area contributed by atoms with Crippen molar-refractivity contribution in [2.45, 2.75) is 38.6 Å². The van der Waals surface area contributed by atoms with E-state index in [0.717, 1.165) is 5.56 Å². The zero-order valence-electron chi connectivity index (χ0n) is 19.1. The van der Waals surface area contributed by atoms with Crippen LogP contribution in [0.2, 0.25) is 5.02 Å². The van der Waals surface area contributed by atoms with E-state index in [9.17, 15) is 19.5 Å². The van der Waals surface area contributed by atoms with Crippen molar-refractivity contribution in [3.05, 3.63) is 75.9 Å². The summed E-state index contributed by atoms with van der Waals surface area (Å²) in [6, 6.07) is 12.6. The Kier molecular flexibility index (Phi) is 9.56. The van der Waals surface area contributed by atoms with Gasteiger partial charge in [-0.05, 0) is 65.3 Å². The Labute approximate surface area is 203 Å². The molecule has 2 amide bonds. The quantitative estimate of drug-likeness (QED) is 0.528. The van der Waals surface area contributed by atoms with Crippen LogP contribution in [0.4, 0.5) is 0 Å². The molecule has 33 heavy (non-hydrogen) atoms. The fourth-order valence-corrected chi connectivity index (χ4v) is 3.52. The number of hydrogen-bond donors (Lipinski definition) is 2. The third kappa shape index (κ3) is 8.26. The molecule has 0 aliphatic heterocycles. The fourth-order valence-electron chi connectivity index (χ4n) is 2.92. The zero-order chi connectivity index (χ0) is 24.6. The number of nitrogens with one attached hydrogen (secondary N) is 2. The molecule has 176 valence electrons. The molecule has 0 aromatic heterocycles. The van der Waals surface area contributed by atoms with Crippen molar-refractivity contribution in [3.8, 4) is 0 Å². The van der Waals surface area contributed by atoms with Gasteiger partial charge in [-0.15, -0.1) is 0 Å². The largest absolute Gasteiger partial charge is 0.548 e. The van der Waals surface area contributed by atoms with Crippen molar-refractivity contribution in [1.29, 1.82) is 0 Å². The number of aliphatic carboxylic acids is 1. The second-order valence-electron chi connectivity index (χ2n) is 8.52. The maximum Gasteiger partial charge on any atom is 0.268 e. The number of halogens is 1. The number of carbonyl (C=O) groups is 3. The molecule has 0 unspecified atom stereocenters. The van der Waals surface area contributed by atoms with Crippen LogP contribution in [0, 0.1) is 0 Å². The Hall–Kier alpha value is -2.77. The van der Waals surface area contributed by atoms with Crippen molar-refractivity contribution in [1.82, 2.24) is 10.6 Å². The van der Waals surface area contributed by atoms with Gasteiger partial charge in [-0.25, -0.2) is 0 Å². The van der Waals surface area contributed by atoms with Gasteiger partial charge in [-0.1, -0.05) is 56.6 Å². The highest BCUT2D eigenvalue weighted by Gasteiger charge is 2.20. The molecule has 1 atom stereocenters. The van der Waals surface area contributed by atoms with Crippen LogP contribution in [0.15, 0.2) is 54.2 Å². The molecule has 2 aromatic rings. The summed E-state index contributed by atoms with van der Waals surface area (Å²) < 4.78 is 0. The molecule has 0 aliphatic rings. The summed E-state index contributed by atoms with van der Waals surface area (Å²) in [7, 11) is 0. The molecule has 0 bridgehead atoms. The van der Waals surface area contributed by atoms with Crippen LogP contribution in [0.3, 0.4) is 0 Å². The molecule has 2 N–H and O–H groups in total. The maximum absolute atomic E-state index is 12.9. The van der Waals surface area contributed by atoms with Crippen molar-refractivity contribution in [3.63, 3.8) is 0 Å². The van der Waals surface area contributed by atoms with E-state index in [-0.39, 0.29) is 17.5 Å². The topological polar surface area (TPSA) is 98.3 Å². The average Bonchev–Trinajstić information content (AvgIpc) is 2.76. The summed E-state index contributed by atoms with van der Waals surface area (Å²) in [5.41, 5.74) is 1.90. The maximum atomic E-state index is 12.9. The lowest BCUT2D eigenvalue weighted by molar-refractivity contribution is -0.308. The minimum atomic E-state index is -1.38. The summed E-state index contributed by atoms with van der Waals surface area (Å²) >= 11 is 7.39. The van der Waals surface area contributed by atoms with Crippen LogP contribution < -0.4 is 15.7 Å². The van der Waals surface area contributed by atoms with Gasteiger partial charge in [-0.3, -0.25) is 9.59 Å². The predicted octanol–water partition coefficient (Wildman–Crippen LogP) is 3.40. The molecule has 8 heteroatoms. The first-order valence-electron chi connectivity index (χ1n) is 10.4. The van der Waals surface area contributed by atoms with Crippen molar-refractivity contribution in [2.75, 3.05) is 12.0 Å². The van der Waals surface area contributed by atoms with Crippen LogP contribution in [0.1, 0.15) is 48.7 Å². The molecule has 0 saturated heterocycles. The van der Waals surface area contributed by atoms with Crippen LogP contribution in [0.5, 0.6) is 0 Å². The number of carboxylic acids is 1. The number of hydrogen-bond acceptors (Lipinski definition) is 5. The van der Waals surface area contributed by atoms with Crippen LogP contribution >= 0.6 is 23.4 Å². The monoisotopic (exact) mass is 487 g/mol. The Morgan fingerprint density at radius 3 is 2.18 bits per heavy atom. The highest BCUT2D eigenvalue weighted by atomic mass is 35.5. The number of carboxylic acid groups (broad SMARTS) is 1. The molecule has 6 nitrogen and oxygen atoms in total. The highest BCUT2D eigenvalue weighted by molar-refractivity contribution is 7.98. The van der Waals surface area contributed by atoms with Gasteiger partial charge in [0.2, 0.25) is 0 Å². The van der Waals surface area contributed by atoms with E-state index < -0.39 is 23.8 Å². The van der Waals surface area contributed by atoms with Crippen LogP contribution in [0.25, 0.3) is 6.08 Å². The smallest absolute Gasteiger partial charge is 0.268 e. The summed E-state index contributed by atoms with van der Waals surface area (Å²) in [5, 5.41) is 17.0. The molecule has 0 radical (unpaired) electrons. The van der Waals surface area contributed by atoms with Crippen molar-refractivity contribution >= 4 is 47.2 Å². The van der Waals surface area contributed by atoms with E-state index in [0.29, 0.717) is 21.9 Å². The molecular formula is C25H28ClN2O4S-. The Bertz CT molecular complexity index is 1010. The Balaban J connectivity index is 2.30. The first-order chi connectivity index (χ1) is 15.5. The molecule has 0 spiro atoms. The van der Waals surface area contributed by atoms with Gasteiger partial charge < -0.3 is 20.5 Å². The van der Waals surface area contributed by atoms with E-state index in [1.807, 2.05) is 18.4 Å². The van der Waals surface area contributed by atoms with Gasteiger partial charge in [0.15, 0.2) is 0 Å². The van der Waals surface area contributed by atoms with E-state index in [2.05, 4.69) is 31.4 Å². The van der Waals surface area contributed by atoms with Gasteiger partial charge in [0, 0.05) is 10.6 Å². The van der Waals surface area contributed by atoms with E-state index in [1.165, 1.54) is 17.8 Å². The first kappa shape index (κ1) is 26.5. The molecule has 0 heterocycles. The second kappa shape index (κ2) is 11.9. The van der Waals surface area contributed by atoms with Crippen molar-refractivity contribution in [2.24, 2.45) is 0 Å². The second-order valence-corrected chi connectivity index (χ2v) is 9.94. The van der Waals surface area contributed by atoms with Crippen molar-refractivity contribution < 1.29 is 19.5 Å².